The van der Waals surface area contributed by atoms with Crippen molar-refractivity contribution in [2.45, 2.75) is 36.5 Å². The lowest BCUT2D eigenvalue weighted by Crippen LogP contribution is -2.30. The Labute approximate surface area is 122 Å². The van der Waals surface area contributed by atoms with Crippen molar-refractivity contribution < 1.29 is 4.74 Å². The van der Waals surface area contributed by atoms with Crippen LogP contribution in [0.3, 0.4) is 0 Å². The Morgan fingerprint density at radius 1 is 1.50 bits per heavy atom. The minimum absolute atomic E-state index is 0.410. The summed E-state index contributed by atoms with van der Waals surface area (Å²) in [5, 5.41) is 4.14. The van der Waals surface area contributed by atoms with Gasteiger partial charge in [-0.3, -0.25) is 0 Å². The van der Waals surface area contributed by atoms with Crippen molar-refractivity contribution in [2.24, 2.45) is 0 Å². The van der Waals surface area contributed by atoms with E-state index in [1.54, 1.807) is 0 Å². The van der Waals surface area contributed by atoms with Gasteiger partial charge < -0.3 is 10.1 Å². The van der Waals surface area contributed by atoms with E-state index in [0.717, 1.165) is 19.8 Å². The molecule has 0 aromatic heterocycles. The molecule has 0 aliphatic carbocycles. The maximum absolute atomic E-state index is 5.21. The second-order valence-corrected chi connectivity index (χ2v) is 6.84. The minimum Gasteiger partial charge on any atom is -0.379 e. The molecule has 1 aromatic carbocycles. The molecule has 0 bridgehead atoms. The van der Waals surface area contributed by atoms with Gasteiger partial charge in [0.25, 0.3) is 0 Å². The lowest BCUT2D eigenvalue weighted by atomic mass is 10.1. The molecule has 2 rings (SSSR count). The van der Waals surface area contributed by atoms with Gasteiger partial charge >= 0.3 is 0 Å². The van der Waals surface area contributed by atoms with Gasteiger partial charge in [0.2, 0.25) is 0 Å². The van der Waals surface area contributed by atoms with Crippen LogP contribution in [0.1, 0.15) is 31.9 Å². The van der Waals surface area contributed by atoms with Crippen LogP contribution in [0.2, 0.25) is 0 Å². The molecule has 18 heavy (non-hydrogen) atoms. The van der Waals surface area contributed by atoms with Crippen molar-refractivity contribution in [1.82, 2.24) is 5.32 Å². The Balaban J connectivity index is 1.99. The first-order valence-corrected chi connectivity index (χ1v) is 8.15. The number of hydrogen-bond acceptors (Lipinski definition) is 3. The van der Waals surface area contributed by atoms with E-state index in [1.807, 2.05) is 11.8 Å². The van der Waals surface area contributed by atoms with Gasteiger partial charge in [-0.1, -0.05) is 13.0 Å². The van der Waals surface area contributed by atoms with Crippen molar-refractivity contribution in [1.29, 1.82) is 0 Å². The lowest BCUT2D eigenvalue weighted by Gasteiger charge is -2.25. The normalized spacial score (nSPS) is 17.5. The van der Waals surface area contributed by atoms with Crippen LogP contribution in [0, 0.1) is 0 Å². The van der Waals surface area contributed by atoms with Crippen molar-refractivity contribution in [3.05, 3.63) is 28.2 Å². The molecule has 1 aliphatic rings. The van der Waals surface area contributed by atoms with E-state index < -0.39 is 0 Å². The number of nitrogens with one attached hydrogen (secondary N) is 1. The van der Waals surface area contributed by atoms with Gasteiger partial charge in [0.15, 0.2) is 0 Å². The largest absolute Gasteiger partial charge is 0.379 e. The summed E-state index contributed by atoms with van der Waals surface area (Å²) < 4.78 is 6.40. The number of hydrogen-bond donors (Lipinski definition) is 1. The highest BCUT2D eigenvalue weighted by Gasteiger charge is 2.20. The standard InChI is InChI=1S/C14H20BrNOS/c1-3-6-16-10(2)11-4-5-14(13(15)7-11)18-12-8-17-9-12/h4-5,7,10,12,16H,3,6,8-9H2,1-2H3. The zero-order valence-electron chi connectivity index (χ0n) is 10.9. The van der Waals surface area contributed by atoms with Crippen LogP contribution in [-0.4, -0.2) is 25.0 Å². The highest BCUT2D eigenvalue weighted by atomic mass is 79.9. The third kappa shape index (κ3) is 3.73. The molecule has 0 saturated carbocycles. The topological polar surface area (TPSA) is 21.3 Å². The predicted molar refractivity (Wildman–Crippen MR) is 81.3 cm³/mol. The van der Waals surface area contributed by atoms with Crippen LogP contribution < -0.4 is 5.32 Å². The average Bonchev–Trinajstić information content (AvgIpc) is 2.32. The van der Waals surface area contributed by atoms with Crippen LogP contribution in [0.15, 0.2) is 27.6 Å². The van der Waals surface area contributed by atoms with Crippen LogP contribution in [0.4, 0.5) is 0 Å². The fraction of sp³-hybridized carbons (Fsp3) is 0.571. The predicted octanol–water partition coefficient (Wildman–Crippen LogP) is 4.00. The molecule has 4 heteroatoms. The maximum atomic E-state index is 5.21. The van der Waals surface area contributed by atoms with Crippen LogP contribution in [0.25, 0.3) is 0 Å². The summed E-state index contributed by atoms with van der Waals surface area (Å²) >= 11 is 5.58. The summed E-state index contributed by atoms with van der Waals surface area (Å²) in [7, 11) is 0. The minimum atomic E-state index is 0.410. The lowest BCUT2D eigenvalue weighted by molar-refractivity contribution is 0.0455. The smallest absolute Gasteiger partial charge is 0.0611 e. The van der Waals surface area contributed by atoms with E-state index in [-0.39, 0.29) is 0 Å². The Morgan fingerprint density at radius 3 is 2.83 bits per heavy atom. The molecule has 1 saturated heterocycles. The van der Waals surface area contributed by atoms with E-state index in [9.17, 15) is 0 Å². The molecule has 1 atom stereocenters. The Morgan fingerprint density at radius 2 is 2.28 bits per heavy atom. The summed E-state index contributed by atoms with van der Waals surface area (Å²) in [6.45, 7) is 7.23. The fourth-order valence-electron chi connectivity index (χ4n) is 1.82. The van der Waals surface area contributed by atoms with E-state index in [2.05, 4.69) is 53.3 Å². The molecule has 0 radical (unpaired) electrons. The molecule has 1 heterocycles. The van der Waals surface area contributed by atoms with E-state index in [1.165, 1.54) is 21.4 Å². The summed E-state index contributed by atoms with van der Waals surface area (Å²) in [5.41, 5.74) is 1.34. The molecular weight excluding hydrogens is 310 g/mol. The Hall–Kier alpha value is -0.0300. The van der Waals surface area contributed by atoms with E-state index >= 15 is 0 Å². The number of halogens is 1. The molecule has 1 aromatic rings. The number of ether oxygens (including phenoxy) is 1. The second-order valence-electron chi connectivity index (χ2n) is 4.64. The number of thioether (sulfide) groups is 1. The van der Waals surface area contributed by atoms with Crippen LogP contribution in [0.5, 0.6) is 0 Å². The van der Waals surface area contributed by atoms with Gasteiger partial charge in [0.1, 0.15) is 0 Å². The van der Waals surface area contributed by atoms with Crippen molar-refractivity contribution in [3.8, 4) is 0 Å². The van der Waals surface area contributed by atoms with Crippen molar-refractivity contribution in [2.75, 3.05) is 19.8 Å². The number of rotatable bonds is 6. The third-order valence-electron chi connectivity index (χ3n) is 3.06. The molecule has 100 valence electrons. The zero-order chi connectivity index (χ0) is 13.0. The second kappa shape index (κ2) is 6.94. The van der Waals surface area contributed by atoms with E-state index in [0.29, 0.717) is 11.3 Å². The molecule has 1 unspecified atom stereocenters. The highest BCUT2D eigenvalue weighted by Crippen LogP contribution is 2.34. The maximum Gasteiger partial charge on any atom is 0.0611 e. The SMILES string of the molecule is CCCNC(C)c1ccc(SC2COC2)c(Br)c1. The quantitative estimate of drug-likeness (QED) is 0.852. The number of benzene rings is 1. The third-order valence-corrected chi connectivity index (χ3v) is 5.19. The molecule has 0 spiro atoms. The van der Waals surface area contributed by atoms with Crippen molar-refractivity contribution in [3.63, 3.8) is 0 Å². The molecule has 1 aliphatic heterocycles. The van der Waals surface area contributed by atoms with Gasteiger partial charge in [-0.25, -0.2) is 0 Å². The highest BCUT2D eigenvalue weighted by molar-refractivity contribution is 9.10. The molecule has 2 nitrogen and oxygen atoms in total. The summed E-state index contributed by atoms with van der Waals surface area (Å²) in [5.74, 6) is 0. The molecule has 0 amide bonds. The summed E-state index contributed by atoms with van der Waals surface area (Å²) in [4.78, 5) is 1.31. The van der Waals surface area contributed by atoms with Crippen molar-refractivity contribution >= 4 is 27.7 Å². The summed E-state index contributed by atoms with van der Waals surface area (Å²) in [6, 6.07) is 7.08. The van der Waals surface area contributed by atoms with Gasteiger partial charge in [0, 0.05) is 15.4 Å². The summed E-state index contributed by atoms with van der Waals surface area (Å²) in [6.07, 6.45) is 1.17. The van der Waals surface area contributed by atoms with Gasteiger partial charge in [0.05, 0.1) is 18.5 Å². The van der Waals surface area contributed by atoms with Gasteiger partial charge in [-0.15, -0.1) is 11.8 Å². The molecular formula is C14H20BrNOS. The van der Waals surface area contributed by atoms with Crippen LogP contribution in [-0.2, 0) is 4.74 Å². The molecule has 1 N–H and O–H groups in total. The average molecular weight is 330 g/mol. The fourth-order valence-corrected chi connectivity index (χ4v) is 3.51. The first-order chi connectivity index (χ1) is 8.70. The van der Waals surface area contributed by atoms with Gasteiger partial charge in [-0.2, -0.15) is 0 Å². The monoisotopic (exact) mass is 329 g/mol. The van der Waals surface area contributed by atoms with E-state index in [4.69, 9.17) is 4.74 Å². The first-order valence-electron chi connectivity index (χ1n) is 6.48. The van der Waals surface area contributed by atoms with Crippen LogP contribution >= 0.6 is 27.7 Å². The zero-order valence-corrected chi connectivity index (χ0v) is 13.3. The first kappa shape index (κ1) is 14.4. The molecule has 1 fully saturated rings. The Kier molecular flexibility index (Phi) is 5.55. The Bertz CT molecular complexity index is 395. The van der Waals surface area contributed by atoms with Gasteiger partial charge in [-0.05, 0) is 53.5 Å².